The summed E-state index contributed by atoms with van der Waals surface area (Å²) in [5, 5.41) is 9.10. The van der Waals surface area contributed by atoms with Crippen molar-refractivity contribution in [3.8, 4) is 0 Å². The Kier molecular flexibility index (Phi) is 2.49. The molecule has 0 bridgehead atoms. The van der Waals surface area contributed by atoms with Crippen molar-refractivity contribution in [1.82, 2.24) is 4.98 Å². The van der Waals surface area contributed by atoms with Gasteiger partial charge in [-0.25, -0.2) is 0 Å². The lowest BCUT2D eigenvalue weighted by Gasteiger charge is -2.01. The quantitative estimate of drug-likeness (QED) is 0.788. The Hall–Kier alpha value is -1.36. The number of nitrogens with zero attached hydrogens (tertiary/aromatic N) is 2. The van der Waals surface area contributed by atoms with E-state index in [0.29, 0.717) is 6.54 Å². The molecule has 5 heteroatoms. The van der Waals surface area contributed by atoms with Crippen LogP contribution in [0.25, 0.3) is 0 Å². The second-order valence-corrected chi connectivity index (χ2v) is 4.02. The van der Waals surface area contributed by atoms with Crippen LogP contribution in [0.5, 0.6) is 0 Å². The average Bonchev–Trinajstić information content (AvgIpc) is 2.68. The van der Waals surface area contributed by atoms with Crippen molar-refractivity contribution < 1.29 is 9.90 Å². The van der Waals surface area contributed by atoms with Crippen LogP contribution in [0.4, 0.5) is 0 Å². The van der Waals surface area contributed by atoms with Gasteiger partial charge in [-0.3, -0.25) is 14.8 Å². The van der Waals surface area contributed by atoms with E-state index >= 15 is 0 Å². The van der Waals surface area contributed by atoms with Gasteiger partial charge in [0.25, 0.3) is 0 Å². The van der Waals surface area contributed by atoms with Crippen molar-refractivity contribution in [3.63, 3.8) is 0 Å². The number of rotatable bonds is 2. The predicted molar refractivity (Wildman–Crippen MR) is 54.7 cm³/mol. The second-order valence-electron chi connectivity index (χ2n) is 2.83. The second kappa shape index (κ2) is 3.79. The third kappa shape index (κ3) is 1.77. The lowest BCUT2D eigenvalue weighted by atomic mass is 10.3. The fraction of sp³-hybridized carbons (Fsp3) is 0.222. The third-order valence-electron chi connectivity index (χ3n) is 1.84. The Morgan fingerprint density at radius 1 is 1.64 bits per heavy atom. The first kappa shape index (κ1) is 9.21. The van der Waals surface area contributed by atoms with Crippen molar-refractivity contribution in [1.29, 1.82) is 0 Å². The summed E-state index contributed by atoms with van der Waals surface area (Å²) >= 11 is 1.28. The van der Waals surface area contributed by atoms with E-state index in [0.717, 1.165) is 10.6 Å². The number of aliphatic carboxylic acids is 1. The molecule has 1 aliphatic heterocycles. The molecular weight excluding hydrogens is 200 g/mol. The lowest BCUT2D eigenvalue weighted by molar-refractivity contribution is -0.136. The maximum absolute atomic E-state index is 10.7. The summed E-state index contributed by atoms with van der Waals surface area (Å²) in [7, 11) is 0. The Labute approximate surface area is 85.1 Å². The number of carboxylic acids is 1. The fourth-order valence-corrected chi connectivity index (χ4v) is 2.08. The number of carbonyl (C=O) groups is 1. The van der Waals surface area contributed by atoms with Gasteiger partial charge in [0.2, 0.25) is 0 Å². The summed E-state index contributed by atoms with van der Waals surface area (Å²) in [5.41, 5.74) is 0.890. The maximum atomic E-state index is 10.7. The van der Waals surface area contributed by atoms with Gasteiger partial charge in [0.15, 0.2) is 0 Å². The number of pyridine rings is 1. The number of hydrogen-bond acceptors (Lipinski definition) is 4. The number of thioether (sulfide) groups is 1. The summed E-state index contributed by atoms with van der Waals surface area (Å²) in [6.45, 7) is 0.351. The van der Waals surface area contributed by atoms with E-state index in [1.807, 2.05) is 12.1 Å². The van der Waals surface area contributed by atoms with E-state index in [2.05, 4.69) is 9.98 Å². The molecule has 0 unspecified atom stereocenters. The Morgan fingerprint density at radius 3 is 3.07 bits per heavy atom. The first-order valence-electron chi connectivity index (χ1n) is 4.11. The van der Waals surface area contributed by atoms with Gasteiger partial charge in [0, 0.05) is 18.0 Å². The molecule has 0 spiro atoms. The van der Waals surface area contributed by atoms with Crippen molar-refractivity contribution >= 4 is 22.8 Å². The van der Waals surface area contributed by atoms with E-state index in [-0.39, 0.29) is 0 Å². The molecule has 1 atom stereocenters. The third-order valence-corrected chi connectivity index (χ3v) is 3.06. The van der Waals surface area contributed by atoms with Gasteiger partial charge in [-0.2, -0.15) is 0 Å². The summed E-state index contributed by atoms with van der Waals surface area (Å²) < 4.78 is 0. The van der Waals surface area contributed by atoms with Crippen LogP contribution in [-0.2, 0) is 4.79 Å². The van der Waals surface area contributed by atoms with E-state index in [1.165, 1.54) is 11.8 Å². The molecule has 14 heavy (non-hydrogen) atoms. The van der Waals surface area contributed by atoms with E-state index in [4.69, 9.17) is 5.11 Å². The van der Waals surface area contributed by atoms with Crippen LogP contribution in [0.2, 0.25) is 0 Å². The zero-order valence-electron chi connectivity index (χ0n) is 7.25. The Balaban J connectivity index is 2.13. The van der Waals surface area contributed by atoms with Gasteiger partial charge in [0.05, 0.1) is 6.54 Å². The van der Waals surface area contributed by atoms with Crippen LogP contribution < -0.4 is 0 Å². The zero-order valence-corrected chi connectivity index (χ0v) is 8.07. The average molecular weight is 208 g/mol. The van der Waals surface area contributed by atoms with Gasteiger partial charge in [-0.15, -0.1) is 0 Å². The highest BCUT2D eigenvalue weighted by Gasteiger charge is 2.26. The number of aromatic nitrogens is 1. The van der Waals surface area contributed by atoms with Crippen LogP contribution in [0, 0.1) is 0 Å². The van der Waals surface area contributed by atoms with Gasteiger partial charge < -0.3 is 5.11 Å². The molecule has 0 aromatic carbocycles. The topological polar surface area (TPSA) is 62.5 Å². The van der Waals surface area contributed by atoms with Gasteiger partial charge in [0.1, 0.15) is 10.3 Å². The fourth-order valence-electron chi connectivity index (χ4n) is 1.15. The number of aliphatic imine (C=N–C) groups is 1. The van der Waals surface area contributed by atoms with Crippen molar-refractivity contribution in [2.75, 3.05) is 6.54 Å². The van der Waals surface area contributed by atoms with Gasteiger partial charge in [-0.1, -0.05) is 11.8 Å². The van der Waals surface area contributed by atoms with Gasteiger partial charge in [-0.05, 0) is 12.1 Å². The minimum absolute atomic E-state index is 0.351. The number of hydrogen-bond donors (Lipinski definition) is 1. The van der Waals surface area contributed by atoms with Gasteiger partial charge >= 0.3 is 5.97 Å². The molecule has 72 valence electrons. The molecule has 1 N–H and O–H groups in total. The first-order chi connectivity index (χ1) is 6.77. The summed E-state index contributed by atoms with van der Waals surface area (Å²) in [4.78, 5) is 18.8. The highest BCUT2D eigenvalue weighted by molar-refractivity contribution is 8.15. The molecule has 0 aliphatic carbocycles. The largest absolute Gasteiger partial charge is 0.480 e. The molecule has 0 radical (unpaired) electrons. The highest BCUT2D eigenvalue weighted by atomic mass is 32.2. The molecule has 0 amide bonds. The smallest absolute Gasteiger partial charge is 0.318 e. The molecule has 0 saturated heterocycles. The maximum Gasteiger partial charge on any atom is 0.318 e. The molecule has 1 aromatic rings. The number of carboxylic acid groups (broad SMARTS) is 1. The van der Waals surface area contributed by atoms with E-state index in [1.54, 1.807) is 12.4 Å². The van der Waals surface area contributed by atoms with Crippen LogP contribution >= 0.6 is 11.8 Å². The molecule has 0 fully saturated rings. The summed E-state index contributed by atoms with van der Waals surface area (Å²) in [6, 6.07) is 3.69. The Bertz CT molecular complexity index is 378. The minimum Gasteiger partial charge on any atom is -0.480 e. The van der Waals surface area contributed by atoms with Crippen molar-refractivity contribution in [2.24, 2.45) is 4.99 Å². The molecule has 2 rings (SSSR count). The SMILES string of the molecule is O=C(O)[C@H]1CN=C(c2cccnc2)S1. The summed E-state index contributed by atoms with van der Waals surface area (Å²) in [5.74, 6) is -0.808. The van der Waals surface area contributed by atoms with Crippen molar-refractivity contribution in [2.45, 2.75) is 5.25 Å². The first-order valence-corrected chi connectivity index (χ1v) is 4.99. The van der Waals surface area contributed by atoms with E-state index < -0.39 is 11.2 Å². The normalized spacial score (nSPS) is 20.6. The molecule has 2 heterocycles. The lowest BCUT2D eigenvalue weighted by Crippen LogP contribution is -2.16. The molecule has 4 nitrogen and oxygen atoms in total. The predicted octanol–water partition coefficient (Wildman–Crippen LogP) is 1.03. The molecule has 1 aliphatic rings. The van der Waals surface area contributed by atoms with Crippen LogP contribution in [-0.4, -0.2) is 32.9 Å². The Morgan fingerprint density at radius 2 is 2.50 bits per heavy atom. The molecule has 0 saturated carbocycles. The standard InChI is InChI=1S/C9H8N2O2S/c12-9(13)7-5-11-8(14-7)6-2-1-3-10-4-6/h1-4,7H,5H2,(H,12,13)/t7-/m1/s1. The van der Waals surface area contributed by atoms with Crippen molar-refractivity contribution in [3.05, 3.63) is 30.1 Å². The van der Waals surface area contributed by atoms with Crippen LogP contribution in [0.3, 0.4) is 0 Å². The summed E-state index contributed by atoms with van der Waals surface area (Å²) in [6.07, 6.45) is 3.37. The van der Waals surface area contributed by atoms with E-state index in [9.17, 15) is 4.79 Å². The highest BCUT2D eigenvalue weighted by Crippen LogP contribution is 2.25. The zero-order chi connectivity index (χ0) is 9.97. The molecular formula is C9H8N2O2S. The molecule has 1 aromatic heterocycles. The van der Waals surface area contributed by atoms with Crippen LogP contribution in [0.1, 0.15) is 5.56 Å². The van der Waals surface area contributed by atoms with Crippen LogP contribution in [0.15, 0.2) is 29.5 Å². The monoisotopic (exact) mass is 208 g/mol. The minimum atomic E-state index is -0.808.